The number of aromatic nitrogens is 2. The summed E-state index contributed by atoms with van der Waals surface area (Å²) in [7, 11) is 0. The van der Waals surface area contributed by atoms with Gasteiger partial charge in [-0.3, -0.25) is 9.78 Å². The van der Waals surface area contributed by atoms with Gasteiger partial charge in [0.25, 0.3) is 5.56 Å². The zero-order valence-electron chi connectivity index (χ0n) is 14.2. The number of H-pyrrole nitrogens is 1. The van der Waals surface area contributed by atoms with Gasteiger partial charge in [-0.15, -0.1) is 11.3 Å². The number of nitrogens with zero attached hydrogens (tertiary/aromatic N) is 2. The summed E-state index contributed by atoms with van der Waals surface area (Å²) in [4.78, 5) is 29.2. The van der Waals surface area contributed by atoms with Crippen LogP contribution in [-0.2, 0) is 0 Å². The third-order valence-corrected chi connectivity index (χ3v) is 5.65. The molecule has 3 N–H and O–H groups in total. The Hall–Kier alpha value is -2.84. The second-order valence-corrected chi connectivity index (χ2v) is 7.92. The lowest BCUT2D eigenvalue weighted by Gasteiger charge is -2.11. The van der Waals surface area contributed by atoms with E-state index in [1.807, 2.05) is 19.1 Å². The largest absolute Gasteiger partial charge is 0.493 e. The summed E-state index contributed by atoms with van der Waals surface area (Å²) in [5, 5.41) is 15.3. The van der Waals surface area contributed by atoms with Gasteiger partial charge in [0.05, 0.1) is 17.4 Å². The van der Waals surface area contributed by atoms with Crippen LogP contribution in [0.1, 0.15) is 27.8 Å². The van der Waals surface area contributed by atoms with E-state index >= 15 is 0 Å². The third kappa shape index (κ3) is 3.17. The van der Waals surface area contributed by atoms with Crippen molar-refractivity contribution in [2.75, 3.05) is 0 Å². The molecule has 0 bridgehead atoms. The van der Waals surface area contributed by atoms with Crippen LogP contribution in [0, 0.1) is 6.92 Å². The molecule has 1 aliphatic rings. The molecule has 0 amide bonds. The van der Waals surface area contributed by atoms with E-state index in [-0.39, 0.29) is 11.6 Å². The standard InChI is InChI=1S/C18H15ClN4O3S/c1-9-5-6-14(27-9)12-8-13(22-21-12)15-16(24)20-18(26)23(17(15)25)11-4-2-3-10(19)7-11/h2-7,12,21,25H,8H2,1H3,(H,20,24,26). The number of rotatable bonds is 3. The fourth-order valence-corrected chi connectivity index (χ4v) is 4.15. The highest BCUT2D eigenvalue weighted by Crippen LogP contribution is 2.30. The van der Waals surface area contributed by atoms with Crippen molar-refractivity contribution in [3.05, 3.63) is 77.6 Å². The maximum atomic E-state index is 12.4. The Morgan fingerprint density at radius 2 is 2.11 bits per heavy atom. The minimum Gasteiger partial charge on any atom is -0.493 e. The molecule has 9 heteroatoms. The second kappa shape index (κ2) is 6.71. The van der Waals surface area contributed by atoms with Crippen molar-refractivity contribution in [2.24, 2.45) is 5.10 Å². The van der Waals surface area contributed by atoms with Crippen LogP contribution in [0.3, 0.4) is 0 Å². The number of aryl methyl sites for hydroxylation is 1. The van der Waals surface area contributed by atoms with E-state index in [4.69, 9.17) is 11.6 Å². The highest BCUT2D eigenvalue weighted by atomic mass is 35.5. The first kappa shape index (κ1) is 17.6. The average Bonchev–Trinajstić information content (AvgIpc) is 3.24. The molecule has 4 rings (SSSR count). The van der Waals surface area contributed by atoms with Crippen molar-refractivity contribution < 1.29 is 5.11 Å². The molecule has 1 unspecified atom stereocenters. The van der Waals surface area contributed by atoms with Crippen LogP contribution in [0.5, 0.6) is 5.88 Å². The quantitative estimate of drug-likeness (QED) is 0.627. The molecule has 1 aliphatic heterocycles. The van der Waals surface area contributed by atoms with Crippen molar-refractivity contribution in [2.45, 2.75) is 19.4 Å². The number of halogens is 1. The van der Waals surface area contributed by atoms with Crippen LogP contribution >= 0.6 is 22.9 Å². The summed E-state index contributed by atoms with van der Waals surface area (Å²) in [6.07, 6.45) is 0.421. The molecule has 138 valence electrons. The first-order valence-corrected chi connectivity index (χ1v) is 9.36. The van der Waals surface area contributed by atoms with Gasteiger partial charge in [-0.05, 0) is 37.3 Å². The van der Waals surface area contributed by atoms with Gasteiger partial charge in [-0.1, -0.05) is 17.7 Å². The summed E-state index contributed by atoms with van der Waals surface area (Å²) in [5.74, 6) is -0.463. The van der Waals surface area contributed by atoms with Crippen molar-refractivity contribution >= 4 is 28.6 Å². The number of benzene rings is 1. The van der Waals surface area contributed by atoms with Crippen LogP contribution in [0.4, 0.5) is 0 Å². The molecule has 0 aliphatic carbocycles. The maximum absolute atomic E-state index is 12.4. The first-order valence-electron chi connectivity index (χ1n) is 8.17. The van der Waals surface area contributed by atoms with Crippen LogP contribution in [0.25, 0.3) is 5.69 Å². The molecular weight excluding hydrogens is 388 g/mol. The van der Waals surface area contributed by atoms with Gasteiger partial charge in [0.1, 0.15) is 5.56 Å². The molecule has 27 heavy (non-hydrogen) atoms. The summed E-state index contributed by atoms with van der Waals surface area (Å²) >= 11 is 7.63. The smallest absolute Gasteiger partial charge is 0.335 e. The van der Waals surface area contributed by atoms with Gasteiger partial charge >= 0.3 is 5.69 Å². The van der Waals surface area contributed by atoms with E-state index < -0.39 is 17.1 Å². The number of aromatic hydroxyl groups is 1. The summed E-state index contributed by atoms with van der Waals surface area (Å²) in [6, 6.07) is 10.4. The number of hydrogen-bond acceptors (Lipinski definition) is 6. The highest BCUT2D eigenvalue weighted by molar-refractivity contribution is 7.12. The molecule has 1 aromatic carbocycles. The monoisotopic (exact) mass is 402 g/mol. The topological polar surface area (TPSA) is 99.5 Å². The van der Waals surface area contributed by atoms with Crippen LogP contribution in [0.15, 0.2) is 51.1 Å². The molecule has 0 fully saturated rings. The fraction of sp³-hybridized carbons (Fsp3) is 0.167. The maximum Gasteiger partial charge on any atom is 0.335 e. The number of aromatic amines is 1. The minimum absolute atomic E-state index is 0.0298. The molecule has 2 aromatic heterocycles. The molecule has 3 heterocycles. The van der Waals surface area contributed by atoms with E-state index in [0.29, 0.717) is 22.8 Å². The molecule has 0 saturated carbocycles. The molecule has 0 radical (unpaired) electrons. The Morgan fingerprint density at radius 1 is 1.30 bits per heavy atom. The van der Waals surface area contributed by atoms with Gasteiger partial charge < -0.3 is 10.5 Å². The lowest BCUT2D eigenvalue weighted by molar-refractivity contribution is 0.429. The van der Waals surface area contributed by atoms with Crippen molar-refractivity contribution in [1.82, 2.24) is 15.0 Å². The zero-order valence-corrected chi connectivity index (χ0v) is 15.8. The Balaban J connectivity index is 1.77. The van der Waals surface area contributed by atoms with E-state index in [9.17, 15) is 14.7 Å². The van der Waals surface area contributed by atoms with Gasteiger partial charge in [0.2, 0.25) is 5.88 Å². The van der Waals surface area contributed by atoms with E-state index in [1.165, 1.54) is 10.9 Å². The Bertz CT molecular complexity index is 1180. The predicted octanol–water partition coefficient (Wildman–Crippen LogP) is 2.69. The van der Waals surface area contributed by atoms with Crippen molar-refractivity contribution in [3.63, 3.8) is 0 Å². The number of thiophene rings is 1. The van der Waals surface area contributed by atoms with E-state index in [1.54, 1.807) is 29.5 Å². The van der Waals surface area contributed by atoms with E-state index in [2.05, 4.69) is 15.5 Å². The predicted molar refractivity (Wildman–Crippen MR) is 105 cm³/mol. The molecule has 7 nitrogen and oxygen atoms in total. The lowest BCUT2D eigenvalue weighted by atomic mass is 10.1. The van der Waals surface area contributed by atoms with Gasteiger partial charge in [0, 0.05) is 21.2 Å². The van der Waals surface area contributed by atoms with Crippen LogP contribution in [-0.4, -0.2) is 20.4 Å². The summed E-state index contributed by atoms with van der Waals surface area (Å²) in [6.45, 7) is 2.02. The van der Waals surface area contributed by atoms with Crippen LogP contribution in [0.2, 0.25) is 5.02 Å². The summed E-state index contributed by atoms with van der Waals surface area (Å²) in [5.41, 5.74) is 2.27. The lowest BCUT2D eigenvalue weighted by Crippen LogP contribution is -2.33. The normalized spacial score (nSPS) is 16.2. The Labute approximate surface area is 162 Å². The number of hydrogen-bond donors (Lipinski definition) is 3. The molecule has 3 aromatic rings. The van der Waals surface area contributed by atoms with Gasteiger partial charge in [-0.25, -0.2) is 9.36 Å². The van der Waals surface area contributed by atoms with Crippen molar-refractivity contribution in [1.29, 1.82) is 0 Å². The minimum atomic E-state index is -0.750. The van der Waals surface area contributed by atoms with Crippen molar-refractivity contribution in [3.8, 4) is 11.6 Å². The second-order valence-electron chi connectivity index (χ2n) is 6.17. The van der Waals surface area contributed by atoms with Gasteiger partial charge in [-0.2, -0.15) is 5.10 Å². The molecular formula is C18H15ClN4O3S. The SMILES string of the molecule is Cc1ccc(C2CC(c3c(O)n(-c4cccc(Cl)c4)c(=O)[nH]c3=O)=NN2)s1. The Morgan fingerprint density at radius 3 is 2.81 bits per heavy atom. The molecule has 0 saturated heterocycles. The van der Waals surface area contributed by atoms with Gasteiger partial charge in [0.15, 0.2) is 0 Å². The average molecular weight is 403 g/mol. The van der Waals surface area contributed by atoms with Crippen LogP contribution < -0.4 is 16.7 Å². The molecule has 0 spiro atoms. The highest BCUT2D eigenvalue weighted by Gasteiger charge is 2.28. The number of hydrazone groups is 1. The third-order valence-electron chi connectivity index (χ3n) is 4.30. The Kier molecular flexibility index (Phi) is 4.37. The molecule has 1 atom stereocenters. The number of nitrogens with one attached hydrogen (secondary N) is 2. The van der Waals surface area contributed by atoms with E-state index in [0.717, 1.165) is 9.44 Å². The fourth-order valence-electron chi connectivity index (χ4n) is 3.04. The summed E-state index contributed by atoms with van der Waals surface area (Å²) < 4.78 is 1.01. The zero-order chi connectivity index (χ0) is 19.1. The first-order chi connectivity index (χ1) is 12.9.